The van der Waals surface area contributed by atoms with E-state index in [0.29, 0.717) is 10.7 Å². The van der Waals surface area contributed by atoms with Crippen LogP contribution in [0.2, 0.25) is 10.0 Å². The molecule has 2 rings (SSSR count). The first-order valence-corrected chi connectivity index (χ1v) is 7.44. The van der Waals surface area contributed by atoms with Crippen molar-refractivity contribution in [1.29, 1.82) is 0 Å². The average Bonchev–Trinajstić information content (AvgIpc) is 2.50. The van der Waals surface area contributed by atoms with Crippen molar-refractivity contribution in [3.8, 4) is 5.75 Å². The summed E-state index contributed by atoms with van der Waals surface area (Å²) in [5.41, 5.74) is 0.477. The van der Waals surface area contributed by atoms with Gasteiger partial charge >= 0.3 is 5.97 Å². The number of nitrogens with one attached hydrogen (secondary N) is 1. The molecule has 1 amide bonds. The molecule has 0 saturated carbocycles. The first kappa shape index (κ1) is 17.1. The topological polar surface area (TPSA) is 75.6 Å². The highest BCUT2D eigenvalue weighted by Crippen LogP contribution is 2.26. The second-order valence-electron chi connectivity index (χ2n) is 4.53. The molecular weight excluding hydrogens is 341 g/mol. The molecular formula is C16H13Cl2NO4. The lowest BCUT2D eigenvalue weighted by molar-refractivity contribution is 0.0523. The number of ether oxygens (including phenoxy) is 1. The van der Waals surface area contributed by atoms with Crippen LogP contribution >= 0.6 is 23.2 Å². The van der Waals surface area contributed by atoms with E-state index in [0.717, 1.165) is 0 Å². The average molecular weight is 354 g/mol. The Balaban J connectivity index is 2.25. The maximum Gasteiger partial charge on any atom is 0.341 e. The second kappa shape index (κ2) is 7.35. The molecule has 0 unspecified atom stereocenters. The first-order valence-electron chi connectivity index (χ1n) is 6.69. The van der Waals surface area contributed by atoms with E-state index in [4.69, 9.17) is 27.9 Å². The minimum atomic E-state index is -0.704. The Morgan fingerprint density at radius 2 is 1.91 bits per heavy atom. The highest BCUT2D eigenvalue weighted by Gasteiger charge is 2.16. The molecule has 0 bridgehead atoms. The second-order valence-corrected chi connectivity index (χ2v) is 5.37. The normalized spacial score (nSPS) is 10.2. The molecule has 2 N–H and O–H groups in total. The van der Waals surface area contributed by atoms with Gasteiger partial charge < -0.3 is 15.2 Å². The van der Waals surface area contributed by atoms with Crippen LogP contribution in [0.4, 0.5) is 5.69 Å². The lowest BCUT2D eigenvalue weighted by Crippen LogP contribution is -2.14. The fourth-order valence-corrected chi connectivity index (χ4v) is 2.29. The van der Waals surface area contributed by atoms with Crippen LogP contribution in [0.25, 0.3) is 0 Å². The van der Waals surface area contributed by atoms with Crippen molar-refractivity contribution in [1.82, 2.24) is 0 Å². The van der Waals surface area contributed by atoms with Gasteiger partial charge in [0.05, 0.1) is 17.3 Å². The van der Waals surface area contributed by atoms with Crippen LogP contribution < -0.4 is 5.32 Å². The summed E-state index contributed by atoms with van der Waals surface area (Å²) in [5, 5.41) is 13.1. The van der Waals surface area contributed by atoms with Gasteiger partial charge in [0.2, 0.25) is 0 Å². The summed E-state index contributed by atoms with van der Waals surface area (Å²) in [4.78, 5) is 24.0. The molecule has 0 heterocycles. The van der Waals surface area contributed by atoms with Crippen molar-refractivity contribution in [3.63, 3.8) is 0 Å². The third-order valence-corrected chi connectivity index (χ3v) is 3.48. The number of phenols is 1. The Morgan fingerprint density at radius 1 is 1.17 bits per heavy atom. The zero-order valence-electron chi connectivity index (χ0n) is 12.1. The summed E-state index contributed by atoms with van der Waals surface area (Å²) in [6.45, 7) is 1.81. The molecule has 23 heavy (non-hydrogen) atoms. The number of hydrogen-bond acceptors (Lipinski definition) is 4. The summed E-state index contributed by atoms with van der Waals surface area (Å²) in [7, 11) is 0. The number of carbonyl (C=O) groups excluding carboxylic acids is 2. The Bertz CT molecular complexity index is 762. The molecule has 120 valence electrons. The zero-order valence-corrected chi connectivity index (χ0v) is 13.6. The summed E-state index contributed by atoms with van der Waals surface area (Å²) < 4.78 is 4.83. The summed E-state index contributed by atoms with van der Waals surface area (Å²) >= 11 is 11.8. The summed E-state index contributed by atoms with van der Waals surface area (Å²) in [5.74, 6) is -1.45. The monoisotopic (exact) mass is 353 g/mol. The van der Waals surface area contributed by atoms with Crippen molar-refractivity contribution in [2.45, 2.75) is 6.92 Å². The Hall–Kier alpha value is -2.24. The van der Waals surface area contributed by atoms with E-state index in [1.54, 1.807) is 19.1 Å². The number of hydrogen-bond donors (Lipinski definition) is 2. The number of aromatic hydroxyl groups is 1. The quantitative estimate of drug-likeness (QED) is 0.810. The fourth-order valence-electron chi connectivity index (χ4n) is 1.83. The largest absolute Gasteiger partial charge is 0.507 e. The molecule has 0 spiro atoms. The third-order valence-electron chi connectivity index (χ3n) is 2.93. The van der Waals surface area contributed by atoms with E-state index < -0.39 is 11.9 Å². The Labute approximate surface area is 142 Å². The molecule has 0 saturated heterocycles. The smallest absolute Gasteiger partial charge is 0.341 e. The minimum Gasteiger partial charge on any atom is -0.507 e. The number of halogens is 2. The molecule has 5 nitrogen and oxygen atoms in total. The number of carbonyl (C=O) groups is 2. The van der Waals surface area contributed by atoms with Crippen molar-refractivity contribution in [3.05, 3.63) is 57.6 Å². The number of amides is 1. The van der Waals surface area contributed by atoms with Gasteiger partial charge in [-0.1, -0.05) is 23.2 Å². The molecule has 2 aromatic carbocycles. The van der Waals surface area contributed by atoms with E-state index in [2.05, 4.69) is 5.32 Å². The van der Waals surface area contributed by atoms with Crippen LogP contribution in [0.1, 0.15) is 27.6 Å². The number of phenolic OH excluding ortho intramolecular Hbond substituents is 1. The number of esters is 1. The highest BCUT2D eigenvalue weighted by molar-refractivity contribution is 6.36. The molecule has 0 fully saturated rings. The first-order chi connectivity index (χ1) is 10.9. The fraction of sp³-hybridized carbons (Fsp3) is 0.125. The van der Waals surface area contributed by atoms with Crippen molar-refractivity contribution in [2.75, 3.05) is 11.9 Å². The lowest BCUT2D eigenvalue weighted by Gasteiger charge is -2.09. The van der Waals surface area contributed by atoms with Crippen LogP contribution in [0, 0.1) is 0 Å². The molecule has 0 radical (unpaired) electrons. The summed E-state index contributed by atoms with van der Waals surface area (Å²) in [6, 6.07) is 8.55. The van der Waals surface area contributed by atoms with Gasteiger partial charge in [0.1, 0.15) is 11.3 Å². The minimum absolute atomic E-state index is 0.0818. The van der Waals surface area contributed by atoms with Gasteiger partial charge in [0.25, 0.3) is 5.91 Å². The molecule has 7 heteroatoms. The van der Waals surface area contributed by atoms with E-state index in [1.807, 2.05) is 0 Å². The van der Waals surface area contributed by atoms with Crippen LogP contribution in [-0.2, 0) is 4.74 Å². The van der Waals surface area contributed by atoms with Crippen LogP contribution in [-0.4, -0.2) is 23.6 Å². The lowest BCUT2D eigenvalue weighted by atomic mass is 10.1. The van der Waals surface area contributed by atoms with Crippen LogP contribution in [0.5, 0.6) is 5.75 Å². The van der Waals surface area contributed by atoms with Crippen molar-refractivity contribution in [2.24, 2.45) is 0 Å². The molecule has 0 aliphatic rings. The SMILES string of the molecule is CCOC(=O)c1cc(C(=O)Nc2ccc(Cl)cc2Cl)ccc1O. The predicted molar refractivity (Wildman–Crippen MR) is 88.5 cm³/mol. The number of anilines is 1. The number of benzene rings is 2. The van der Waals surface area contributed by atoms with E-state index in [-0.39, 0.29) is 28.5 Å². The third kappa shape index (κ3) is 4.15. The standard InChI is InChI=1S/C16H13Cl2NO4/c1-2-23-16(22)11-7-9(3-6-14(11)20)15(21)19-13-5-4-10(17)8-12(13)18/h3-8,20H,2H2,1H3,(H,19,21). The van der Waals surface area contributed by atoms with E-state index in [1.165, 1.54) is 24.3 Å². The predicted octanol–water partition coefficient (Wildman–Crippen LogP) is 4.13. The van der Waals surface area contributed by atoms with Gasteiger partial charge in [-0.05, 0) is 43.3 Å². The van der Waals surface area contributed by atoms with E-state index >= 15 is 0 Å². The van der Waals surface area contributed by atoms with Crippen molar-refractivity contribution >= 4 is 40.8 Å². The highest BCUT2D eigenvalue weighted by atomic mass is 35.5. The molecule has 0 aliphatic carbocycles. The Morgan fingerprint density at radius 3 is 2.57 bits per heavy atom. The molecule has 2 aromatic rings. The summed E-state index contributed by atoms with van der Waals surface area (Å²) in [6.07, 6.45) is 0. The van der Waals surface area contributed by atoms with Crippen molar-refractivity contribution < 1.29 is 19.4 Å². The van der Waals surface area contributed by atoms with Gasteiger partial charge in [0.15, 0.2) is 0 Å². The van der Waals surface area contributed by atoms with Gasteiger partial charge in [-0.25, -0.2) is 4.79 Å². The Kier molecular flexibility index (Phi) is 5.47. The van der Waals surface area contributed by atoms with Gasteiger partial charge in [0, 0.05) is 10.6 Å². The maximum atomic E-state index is 12.3. The van der Waals surface area contributed by atoms with Gasteiger partial charge in [-0.3, -0.25) is 4.79 Å². The molecule has 0 aromatic heterocycles. The van der Waals surface area contributed by atoms with Gasteiger partial charge in [-0.15, -0.1) is 0 Å². The maximum absolute atomic E-state index is 12.3. The molecule has 0 aliphatic heterocycles. The zero-order chi connectivity index (χ0) is 17.0. The van der Waals surface area contributed by atoms with Crippen LogP contribution in [0.15, 0.2) is 36.4 Å². The van der Waals surface area contributed by atoms with Gasteiger partial charge in [-0.2, -0.15) is 0 Å². The number of rotatable bonds is 4. The van der Waals surface area contributed by atoms with Crippen LogP contribution in [0.3, 0.4) is 0 Å². The van der Waals surface area contributed by atoms with E-state index in [9.17, 15) is 14.7 Å². The molecule has 0 atom stereocenters.